The van der Waals surface area contributed by atoms with E-state index < -0.39 is 11.5 Å². The molecule has 2 amide bonds. The molecule has 2 fully saturated rings. The minimum absolute atomic E-state index is 0.0697. The molecule has 1 atom stereocenters. The number of imide groups is 1. The van der Waals surface area contributed by atoms with Gasteiger partial charge in [0.2, 0.25) is 11.8 Å². The molecule has 3 aromatic rings. The van der Waals surface area contributed by atoms with Crippen LogP contribution in [0.5, 0.6) is 0 Å². The van der Waals surface area contributed by atoms with Crippen molar-refractivity contribution in [2.24, 2.45) is 5.41 Å². The first kappa shape index (κ1) is 17.4. The molecule has 1 N–H and O–H groups in total. The van der Waals surface area contributed by atoms with Gasteiger partial charge >= 0.3 is 0 Å². The van der Waals surface area contributed by atoms with Crippen molar-refractivity contribution in [2.45, 2.75) is 44.8 Å². The number of para-hydroxylation sites is 2. The van der Waals surface area contributed by atoms with Crippen LogP contribution in [0.1, 0.15) is 32.1 Å². The maximum atomic E-state index is 12.9. The first-order valence-corrected chi connectivity index (χ1v) is 10.1. The first-order valence-electron chi connectivity index (χ1n) is 10.1. The van der Waals surface area contributed by atoms with Crippen LogP contribution < -0.4 is 0 Å². The average molecular weight is 376 g/mol. The third-order valence-corrected chi connectivity index (χ3v) is 6.52. The summed E-state index contributed by atoms with van der Waals surface area (Å²) in [5.41, 5.74) is 1.62. The summed E-state index contributed by atoms with van der Waals surface area (Å²) in [4.78, 5) is 26.7. The Bertz CT molecular complexity index is 1020. The van der Waals surface area contributed by atoms with E-state index in [9.17, 15) is 14.7 Å². The zero-order valence-electron chi connectivity index (χ0n) is 15.8. The Morgan fingerprint density at radius 2 is 1.46 bits per heavy atom. The Morgan fingerprint density at radius 3 is 2.07 bits per heavy atom. The molecule has 28 heavy (non-hydrogen) atoms. The number of β-amino-alcohol motifs (C(OH)–C–C–N with tert-alkyl or cyclic N) is 1. The Labute approximate surface area is 163 Å². The van der Waals surface area contributed by atoms with Crippen LogP contribution in [-0.4, -0.2) is 39.0 Å². The maximum absolute atomic E-state index is 12.9. The molecule has 2 heterocycles. The van der Waals surface area contributed by atoms with Crippen molar-refractivity contribution in [1.29, 1.82) is 0 Å². The summed E-state index contributed by atoms with van der Waals surface area (Å²) in [5, 5.41) is 13.1. The van der Waals surface area contributed by atoms with E-state index >= 15 is 0 Å². The topological polar surface area (TPSA) is 62.5 Å². The van der Waals surface area contributed by atoms with Crippen LogP contribution in [0.15, 0.2) is 48.5 Å². The fourth-order valence-electron chi connectivity index (χ4n) is 5.17. The minimum atomic E-state index is -0.802. The van der Waals surface area contributed by atoms with Crippen LogP contribution in [0.3, 0.4) is 0 Å². The maximum Gasteiger partial charge on any atom is 0.235 e. The number of amides is 2. The van der Waals surface area contributed by atoms with Crippen molar-refractivity contribution in [3.05, 3.63) is 48.5 Å². The van der Waals surface area contributed by atoms with Crippen molar-refractivity contribution in [2.75, 3.05) is 6.54 Å². The second-order valence-electron chi connectivity index (χ2n) is 8.27. The van der Waals surface area contributed by atoms with Crippen molar-refractivity contribution in [1.82, 2.24) is 9.47 Å². The third-order valence-electron chi connectivity index (χ3n) is 6.52. The minimum Gasteiger partial charge on any atom is -0.389 e. The number of rotatable bonds is 4. The van der Waals surface area contributed by atoms with Crippen LogP contribution in [0, 0.1) is 5.41 Å². The normalized spacial score (nSPS) is 20.1. The van der Waals surface area contributed by atoms with E-state index in [4.69, 9.17) is 0 Å². The fourth-order valence-corrected chi connectivity index (χ4v) is 5.17. The summed E-state index contributed by atoms with van der Waals surface area (Å²) >= 11 is 0. The van der Waals surface area contributed by atoms with E-state index in [-0.39, 0.29) is 18.4 Å². The summed E-state index contributed by atoms with van der Waals surface area (Å²) in [6.45, 7) is 0.415. The van der Waals surface area contributed by atoms with Crippen LogP contribution in [0.4, 0.5) is 0 Å². The number of aliphatic hydroxyl groups is 1. The van der Waals surface area contributed by atoms with Crippen LogP contribution >= 0.6 is 0 Å². The molecule has 0 radical (unpaired) electrons. The van der Waals surface area contributed by atoms with Crippen molar-refractivity contribution < 1.29 is 14.7 Å². The zero-order valence-corrected chi connectivity index (χ0v) is 15.8. The molecule has 1 aliphatic carbocycles. The summed E-state index contributed by atoms with van der Waals surface area (Å²) in [7, 11) is 0. The van der Waals surface area contributed by atoms with Gasteiger partial charge in [0.25, 0.3) is 0 Å². The van der Waals surface area contributed by atoms with Gasteiger partial charge in [0.15, 0.2) is 0 Å². The molecule has 1 aliphatic heterocycles. The smallest absolute Gasteiger partial charge is 0.235 e. The molecule has 144 valence electrons. The Balaban J connectivity index is 1.42. The SMILES string of the molecule is O=C1CC2(CCCC2)C(=O)N1C[C@H](O)Cn1c2ccccc2c2ccccc21. The number of carbonyl (C=O) groups is 2. The number of hydrogen-bond donors (Lipinski definition) is 1. The van der Waals surface area contributed by atoms with Gasteiger partial charge in [-0.3, -0.25) is 14.5 Å². The molecule has 5 nitrogen and oxygen atoms in total. The lowest BCUT2D eigenvalue weighted by atomic mass is 9.84. The van der Waals surface area contributed by atoms with Crippen LogP contribution in [0.25, 0.3) is 21.8 Å². The van der Waals surface area contributed by atoms with Gasteiger partial charge in [-0.15, -0.1) is 0 Å². The highest BCUT2D eigenvalue weighted by molar-refractivity contribution is 6.08. The highest BCUT2D eigenvalue weighted by Gasteiger charge is 2.52. The van der Waals surface area contributed by atoms with Crippen LogP contribution in [-0.2, 0) is 16.1 Å². The summed E-state index contributed by atoms with van der Waals surface area (Å²) in [6, 6.07) is 16.2. The highest BCUT2D eigenvalue weighted by atomic mass is 16.3. The monoisotopic (exact) mass is 376 g/mol. The van der Waals surface area contributed by atoms with Gasteiger partial charge in [0.1, 0.15) is 0 Å². The highest BCUT2D eigenvalue weighted by Crippen LogP contribution is 2.46. The Morgan fingerprint density at radius 1 is 0.893 bits per heavy atom. The van der Waals surface area contributed by atoms with Gasteiger partial charge < -0.3 is 9.67 Å². The number of hydrogen-bond acceptors (Lipinski definition) is 3. The second kappa shape index (κ2) is 6.45. The molecular formula is C23H24N2O3. The predicted molar refractivity (Wildman–Crippen MR) is 108 cm³/mol. The second-order valence-corrected chi connectivity index (χ2v) is 8.27. The van der Waals surface area contributed by atoms with E-state index in [1.165, 1.54) is 4.90 Å². The van der Waals surface area contributed by atoms with E-state index in [2.05, 4.69) is 16.7 Å². The summed E-state index contributed by atoms with van der Waals surface area (Å²) in [6.07, 6.45) is 3.14. The number of aliphatic hydroxyl groups excluding tert-OH is 1. The van der Waals surface area contributed by atoms with Crippen LogP contribution in [0.2, 0.25) is 0 Å². The van der Waals surface area contributed by atoms with Gasteiger partial charge in [-0.2, -0.15) is 0 Å². The number of fused-ring (bicyclic) bond motifs is 3. The molecule has 1 saturated carbocycles. The summed E-state index contributed by atoms with van der Waals surface area (Å²) < 4.78 is 2.09. The average Bonchev–Trinajstić information content (AvgIpc) is 3.36. The molecule has 1 spiro atoms. The van der Waals surface area contributed by atoms with Gasteiger partial charge in [-0.05, 0) is 25.0 Å². The lowest BCUT2D eigenvalue weighted by Crippen LogP contribution is -2.40. The van der Waals surface area contributed by atoms with Gasteiger partial charge in [-0.25, -0.2) is 0 Å². The Hall–Kier alpha value is -2.66. The van der Waals surface area contributed by atoms with Crippen molar-refractivity contribution >= 4 is 33.6 Å². The van der Waals surface area contributed by atoms with E-state index in [1.54, 1.807) is 0 Å². The molecule has 5 heteroatoms. The third kappa shape index (κ3) is 2.57. The van der Waals surface area contributed by atoms with E-state index in [0.29, 0.717) is 13.0 Å². The lowest BCUT2D eigenvalue weighted by molar-refractivity contribution is -0.143. The predicted octanol–water partition coefficient (Wildman–Crippen LogP) is 3.47. The van der Waals surface area contributed by atoms with Crippen molar-refractivity contribution in [3.63, 3.8) is 0 Å². The molecule has 2 aromatic carbocycles. The van der Waals surface area contributed by atoms with E-state index in [1.807, 2.05) is 36.4 Å². The number of carbonyl (C=O) groups excluding carboxylic acids is 2. The quantitative estimate of drug-likeness (QED) is 0.709. The largest absolute Gasteiger partial charge is 0.389 e. The summed E-state index contributed by atoms with van der Waals surface area (Å²) in [5.74, 6) is -0.204. The Kier molecular flexibility index (Phi) is 4.02. The van der Waals surface area contributed by atoms with Gasteiger partial charge in [0, 0.05) is 28.2 Å². The van der Waals surface area contributed by atoms with Gasteiger partial charge in [-0.1, -0.05) is 49.2 Å². The lowest BCUT2D eigenvalue weighted by Gasteiger charge is -2.23. The molecule has 0 unspecified atom stereocenters. The van der Waals surface area contributed by atoms with Gasteiger partial charge in [0.05, 0.1) is 24.6 Å². The number of benzene rings is 2. The molecule has 0 bridgehead atoms. The number of nitrogens with zero attached hydrogens (tertiary/aromatic N) is 2. The zero-order chi connectivity index (χ0) is 19.3. The fraction of sp³-hybridized carbons (Fsp3) is 0.391. The standard InChI is InChI=1S/C23H24N2O3/c26-16(15-25-21(27)13-23(22(25)28)11-5-6-12-23)14-24-19-9-3-1-7-17(19)18-8-2-4-10-20(18)24/h1-4,7-10,16,26H,5-6,11-15H2/t16-/m1/s1. The molecule has 1 aromatic heterocycles. The molecule has 1 saturated heterocycles. The van der Waals surface area contributed by atoms with E-state index in [0.717, 1.165) is 47.5 Å². The molecule has 5 rings (SSSR count). The molecular weight excluding hydrogens is 352 g/mol. The first-order chi connectivity index (χ1) is 13.6. The molecule has 2 aliphatic rings. The number of aromatic nitrogens is 1. The van der Waals surface area contributed by atoms with Crippen molar-refractivity contribution in [3.8, 4) is 0 Å². The number of likely N-dealkylation sites (tertiary alicyclic amines) is 1.